The average Bonchev–Trinajstić information content (AvgIpc) is 2.65. The first-order valence-corrected chi connectivity index (χ1v) is 7.18. The molecule has 0 saturated carbocycles. The molecule has 0 aromatic carbocycles. The van der Waals surface area contributed by atoms with Crippen LogP contribution in [0.25, 0.3) is 0 Å². The highest BCUT2D eigenvalue weighted by Crippen LogP contribution is 2.18. The van der Waals surface area contributed by atoms with Crippen LogP contribution in [-0.4, -0.2) is 45.2 Å². The van der Waals surface area contributed by atoms with Crippen LogP contribution in [0.1, 0.15) is 31.5 Å². The number of thiocarbonyl (C=S) groups is 1. The number of carbonyl (C=O) groups excluding carboxylic acids is 1. The van der Waals surface area contributed by atoms with Crippen LogP contribution in [-0.2, 0) is 11.8 Å². The van der Waals surface area contributed by atoms with Crippen molar-refractivity contribution in [3.8, 4) is 0 Å². The standard InChI is InChI=1S/C13H23N5OS/c1-5-18(6-2)10(19)7-8-15-13-11(12(14)20)9(3)16-17(13)4/h15H,5-8H2,1-4H3,(H2,14,20). The molecule has 0 aliphatic heterocycles. The zero-order valence-electron chi connectivity index (χ0n) is 12.6. The van der Waals surface area contributed by atoms with E-state index in [0.29, 0.717) is 18.0 Å². The van der Waals surface area contributed by atoms with Crippen LogP contribution in [0, 0.1) is 6.92 Å². The van der Waals surface area contributed by atoms with Gasteiger partial charge in [0.2, 0.25) is 5.91 Å². The lowest BCUT2D eigenvalue weighted by Crippen LogP contribution is -2.31. The number of amides is 1. The molecule has 0 saturated heterocycles. The average molecular weight is 297 g/mol. The Morgan fingerprint density at radius 3 is 2.55 bits per heavy atom. The van der Waals surface area contributed by atoms with Gasteiger partial charge >= 0.3 is 0 Å². The first-order chi connectivity index (χ1) is 9.42. The molecule has 1 rings (SSSR count). The van der Waals surface area contributed by atoms with E-state index in [9.17, 15) is 4.79 Å². The summed E-state index contributed by atoms with van der Waals surface area (Å²) in [5.41, 5.74) is 7.25. The monoisotopic (exact) mass is 297 g/mol. The summed E-state index contributed by atoms with van der Waals surface area (Å²) in [6.07, 6.45) is 0.433. The summed E-state index contributed by atoms with van der Waals surface area (Å²) in [5.74, 6) is 0.903. The normalized spacial score (nSPS) is 10.4. The van der Waals surface area contributed by atoms with Crippen LogP contribution in [0.5, 0.6) is 0 Å². The molecule has 1 aromatic rings. The van der Waals surface area contributed by atoms with Crippen molar-refractivity contribution in [3.63, 3.8) is 0 Å². The predicted octanol–water partition coefficient (Wildman–Crippen LogP) is 1.03. The fourth-order valence-electron chi connectivity index (χ4n) is 2.18. The number of hydrogen-bond acceptors (Lipinski definition) is 4. The number of rotatable bonds is 7. The van der Waals surface area contributed by atoms with Crippen molar-refractivity contribution >= 4 is 28.9 Å². The highest BCUT2D eigenvalue weighted by molar-refractivity contribution is 7.80. The van der Waals surface area contributed by atoms with Gasteiger partial charge in [-0.15, -0.1) is 0 Å². The molecule has 1 aromatic heterocycles. The lowest BCUT2D eigenvalue weighted by atomic mass is 10.2. The van der Waals surface area contributed by atoms with E-state index >= 15 is 0 Å². The Balaban J connectivity index is 2.67. The summed E-state index contributed by atoms with van der Waals surface area (Å²) in [6.45, 7) is 7.82. The summed E-state index contributed by atoms with van der Waals surface area (Å²) in [7, 11) is 1.82. The van der Waals surface area contributed by atoms with E-state index in [-0.39, 0.29) is 5.91 Å². The highest BCUT2D eigenvalue weighted by atomic mass is 32.1. The number of anilines is 1. The largest absolute Gasteiger partial charge is 0.389 e. The summed E-state index contributed by atoms with van der Waals surface area (Å²) in [5, 5.41) is 7.49. The number of aryl methyl sites for hydroxylation is 2. The Morgan fingerprint density at radius 2 is 2.05 bits per heavy atom. The van der Waals surface area contributed by atoms with Crippen LogP contribution in [0.4, 0.5) is 5.82 Å². The molecular formula is C13H23N5OS. The first kappa shape index (κ1) is 16.4. The van der Waals surface area contributed by atoms with Gasteiger partial charge in [-0.2, -0.15) is 5.10 Å². The maximum Gasteiger partial charge on any atom is 0.224 e. The van der Waals surface area contributed by atoms with Crippen molar-refractivity contribution in [2.45, 2.75) is 27.2 Å². The zero-order chi connectivity index (χ0) is 15.3. The fourth-order valence-corrected chi connectivity index (χ4v) is 2.42. The van der Waals surface area contributed by atoms with Gasteiger partial charge < -0.3 is 16.0 Å². The molecule has 0 fully saturated rings. The van der Waals surface area contributed by atoms with Gasteiger partial charge in [-0.25, -0.2) is 0 Å². The number of aromatic nitrogens is 2. The van der Waals surface area contributed by atoms with Gasteiger partial charge in [-0.3, -0.25) is 9.48 Å². The Hall–Kier alpha value is -1.63. The van der Waals surface area contributed by atoms with Crippen LogP contribution in [0.3, 0.4) is 0 Å². The summed E-state index contributed by atoms with van der Waals surface area (Å²) < 4.78 is 1.70. The lowest BCUT2D eigenvalue weighted by Gasteiger charge is -2.18. The highest BCUT2D eigenvalue weighted by Gasteiger charge is 2.16. The molecule has 112 valence electrons. The van der Waals surface area contributed by atoms with Crippen LogP contribution in [0.2, 0.25) is 0 Å². The van der Waals surface area contributed by atoms with E-state index in [1.165, 1.54) is 0 Å². The second kappa shape index (κ2) is 7.23. The van der Waals surface area contributed by atoms with Crippen molar-refractivity contribution in [3.05, 3.63) is 11.3 Å². The maximum atomic E-state index is 11.9. The van der Waals surface area contributed by atoms with Crippen molar-refractivity contribution < 1.29 is 4.79 Å². The third-order valence-corrected chi connectivity index (χ3v) is 3.42. The third-order valence-electron chi connectivity index (χ3n) is 3.22. The second-order valence-electron chi connectivity index (χ2n) is 4.54. The van der Waals surface area contributed by atoms with Gasteiger partial charge in [-0.05, 0) is 20.8 Å². The first-order valence-electron chi connectivity index (χ1n) is 6.77. The summed E-state index contributed by atoms with van der Waals surface area (Å²) in [6, 6.07) is 0. The molecule has 0 atom stereocenters. The maximum absolute atomic E-state index is 11.9. The molecule has 0 unspecified atom stereocenters. The molecule has 0 spiro atoms. The van der Waals surface area contributed by atoms with Crippen molar-refractivity contribution in [1.29, 1.82) is 0 Å². The molecule has 0 aliphatic carbocycles. The molecular weight excluding hydrogens is 274 g/mol. The van der Waals surface area contributed by atoms with E-state index in [0.717, 1.165) is 30.2 Å². The van der Waals surface area contributed by atoms with Gasteiger partial charge in [-0.1, -0.05) is 12.2 Å². The zero-order valence-corrected chi connectivity index (χ0v) is 13.4. The van der Waals surface area contributed by atoms with E-state index in [2.05, 4.69) is 10.4 Å². The quantitative estimate of drug-likeness (QED) is 0.735. The molecule has 6 nitrogen and oxygen atoms in total. The number of nitrogens with zero attached hydrogens (tertiary/aromatic N) is 3. The van der Waals surface area contributed by atoms with Gasteiger partial charge in [0, 0.05) is 33.1 Å². The molecule has 0 aliphatic rings. The fraction of sp³-hybridized carbons (Fsp3) is 0.615. The number of hydrogen-bond donors (Lipinski definition) is 2. The van der Waals surface area contributed by atoms with Gasteiger partial charge in [0.05, 0.1) is 11.3 Å². The number of nitrogens with one attached hydrogen (secondary N) is 1. The van der Waals surface area contributed by atoms with Crippen LogP contribution in [0.15, 0.2) is 0 Å². The summed E-state index contributed by atoms with van der Waals surface area (Å²) in [4.78, 5) is 14.0. The number of carbonyl (C=O) groups is 1. The molecule has 1 heterocycles. The Kier molecular flexibility index (Phi) is 5.94. The van der Waals surface area contributed by atoms with E-state index in [4.69, 9.17) is 18.0 Å². The molecule has 0 bridgehead atoms. The van der Waals surface area contributed by atoms with E-state index < -0.39 is 0 Å². The minimum Gasteiger partial charge on any atom is -0.389 e. The van der Waals surface area contributed by atoms with E-state index in [1.807, 2.05) is 32.7 Å². The number of nitrogens with two attached hydrogens (primary N) is 1. The van der Waals surface area contributed by atoms with Gasteiger partial charge in [0.1, 0.15) is 10.8 Å². The van der Waals surface area contributed by atoms with E-state index in [1.54, 1.807) is 4.68 Å². The molecule has 0 radical (unpaired) electrons. The molecule has 7 heteroatoms. The molecule has 1 amide bonds. The third kappa shape index (κ3) is 3.69. The van der Waals surface area contributed by atoms with Gasteiger partial charge in [0.25, 0.3) is 0 Å². The van der Waals surface area contributed by atoms with Crippen LogP contribution >= 0.6 is 12.2 Å². The van der Waals surface area contributed by atoms with Crippen LogP contribution < -0.4 is 11.1 Å². The van der Waals surface area contributed by atoms with Gasteiger partial charge in [0.15, 0.2) is 0 Å². The molecule has 20 heavy (non-hydrogen) atoms. The predicted molar refractivity (Wildman–Crippen MR) is 84.9 cm³/mol. The van der Waals surface area contributed by atoms with Crippen molar-refractivity contribution in [2.75, 3.05) is 25.0 Å². The second-order valence-corrected chi connectivity index (χ2v) is 4.98. The smallest absolute Gasteiger partial charge is 0.224 e. The Bertz CT molecular complexity index is 493. The Labute approximate surface area is 125 Å². The lowest BCUT2D eigenvalue weighted by molar-refractivity contribution is -0.130. The van der Waals surface area contributed by atoms with Crippen molar-refractivity contribution in [2.24, 2.45) is 12.8 Å². The van der Waals surface area contributed by atoms with Crippen molar-refractivity contribution in [1.82, 2.24) is 14.7 Å². The Morgan fingerprint density at radius 1 is 1.45 bits per heavy atom. The minimum atomic E-state index is 0.137. The SMILES string of the molecule is CCN(CC)C(=O)CCNc1c(C(N)=S)c(C)nn1C. The minimum absolute atomic E-state index is 0.137. The summed E-state index contributed by atoms with van der Waals surface area (Å²) >= 11 is 5.04. The topological polar surface area (TPSA) is 76.2 Å². The molecule has 3 N–H and O–H groups in total.